The Kier molecular flexibility index (Phi) is 6.06. The van der Waals surface area contributed by atoms with Crippen molar-refractivity contribution in [1.82, 2.24) is 4.90 Å². The summed E-state index contributed by atoms with van der Waals surface area (Å²) in [6, 6.07) is 6.68. The van der Waals surface area contributed by atoms with Gasteiger partial charge >= 0.3 is 5.97 Å². The molecule has 1 aliphatic carbocycles. The first-order valence-corrected chi connectivity index (χ1v) is 8.26. The van der Waals surface area contributed by atoms with Gasteiger partial charge in [0.25, 0.3) is 0 Å². The Bertz CT molecular complexity index is 488. The summed E-state index contributed by atoms with van der Waals surface area (Å²) in [5.41, 5.74) is 1.16. The van der Waals surface area contributed by atoms with Gasteiger partial charge in [0.05, 0.1) is 6.61 Å². The third-order valence-corrected chi connectivity index (χ3v) is 4.09. The second kappa shape index (κ2) is 7.80. The van der Waals surface area contributed by atoms with Gasteiger partial charge in [0.1, 0.15) is 5.75 Å². The van der Waals surface area contributed by atoms with Crippen LogP contribution in [0.3, 0.4) is 0 Å². The van der Waals surface area contributed by atoms with Crippen LogP contribution in [0.2, 0.25) is 0 Å². The van der Waals surface area contributed by atoms with Crippen LogP contribution in [0.5, 0.6) is 5.75 Å². The van der Waals surface area contributed by atoms with Crippen LogP contribution in [0.15, 0.2) is 22.7 Å². The normalized spacial score (nSPS) is 14.4. The highest BCUT2D eigenvalue weighted by molar-refractivity contribution is 9.10. The van der Waals surface area contributed by atoms with Gasteiger partial charge in [-0.3, -0.25) is 9.69 Å². The fourth-order valence-electron chi connectivity index (χ4n) is 2.45. The van der Waals surface area contributed by atoms with Gasteiger partial charge in [0.15, 0.2) is 0 Å². The first kappa shape index (κ1) is 16.3. The number of carboxylic acids is 1. The lowest BCUT2D eigenvalue weighted by Crippen LogP contribution is -2.27. The van der Waals surface area contributed by atoms with Crippen LogP contribution in [0.25, 0.3) is 0 Å². The number of benzene rings is 1. The Labute approximate surface area is 134 Å². The van der Waals surface area contributed by atoms with Crippen LogP contribution < -0.4 is 4.74 Å². The van der Waals surface area contributed by atoms with E-state index in [9.17, 15) is 4.79 Å². The van der Waals surface area contributed by atoms with Crippen LogP contribution in [-0.2, 0) is 11.3 Å². The molecule has 0 atom stereocenters. The Morgan fingerprint density at radius 3 is 2.86 bits per heavy atom. The van der Waals surface area contributed by atoms with Gasteiger partial charge in [-0.1, -0.05) is 15.9 Å². The Morgan fingerprint density at radius 2 is 2.24 bits per heavy atom. The summed E-state index contributed by atoms with van der Waals surface area (Å²) in [6.07, 6.45) is 3.36. The molecule has 116 valence electrons. The average molecular weight is 356 g/mol. The number of rotatable bonds is 9. The molecule has 5 heteroatoms. The zero-order valence-electron chi connectivity index (χ0n) is 12.3. The number of nitrogens with zero attached hydrogens (tertiary/aromatic N) is 1. The van der Waals surface area contributed by atoms with E-state index < -0.39 is 5.97 Å². The third kappa shape index (κ3) is 5.32. The van der Waals surface area contributed by atoms with E-state index in [0.717, 1.165) is 28.9 Å². The maximum atomic E-state index is 10.7. The van der Waals surface area contributed by atoms with Crippen LogP contribution in [-0.4, -0.2) is 35.2 Å². The topological polar surface area (TPSA) is 49.8 Å². The number of carbonyl (C=O) groups is 1. The Morgan fingerprint density at radius 1 is 1.48 bits per heavy atom. The van der Waals surface area contributed by atoms with E-state index in [1.165, 1.54) is 12.8 Å². The molecule has 0 saturated heterocycles. The number of halogens is 1. The molecule has 1 N–H and O–H groups in total. The van der Waals surface area contributed by atoms with Gasteiger partial charge in [-0.2, -0.15) is 0 Å². The number of ether oxygens (including phenoxy) is 1. The van der Waals surface area contributed by atoms with Crippen molar-refractivity contribution in [1.29, 1.82) is 0 Å². The summed E-state index contributed by atoms with van der Waals surface area (Å²) in [4.78, 5) is 13.0. The highest BCUT2D eigenvalue weighted by Gasteiger charge is 2.29. The van der Waals surface area contributed by atoms with Crippen LogP contribution in [0.4, 0.5) is 0 Å². The van der Waals surface area contributed by atoms with Crippen molar-refractivity contribution in [2.45, 2.75) is 45.2 Å². The lowest BCUT2D eigenvalue weighted by Gasteiger charge is -2.23. The van der Waals surface area contributed by atoms with E-state index in [1.807, 2.05) is 19.1 Å². The smallest absolute Gasteiger partial charge is 0.303 e. The number of hydrogen-bond acceptors (Lipinski definition) is 3. The predicted octanol–water partition coefficient (Wildman–Crippen LogP) is 3.68. The molecule has 4 nitrogen and oxygen atoms in total. The summed E-state index contributed by atoms with van der Waals surface area (Å²) in [6.45, 7) is 4.28. The van der Waals surface area contributed by atoms with Crippen molar-refractivity contribution < 1.29 is 14.6 Å². The molecule has 0 amide bonds. The van der Waals surface area contributed by atoms with E-state index in [-0.39, 0.29) is 6.42 Å². The molecule has 21 heavy (non-hydrogen) atoms. The maximum Gasteiger partial charge on any atom is 0.303 e. The zero-order chi connectivity index (χ0) is 15.2. The van der Waals surface area contributed by atoms with E-state index in [0.29, 0.717) is 19.1 Å². The first-order valence-electron chi connectivity index (χ1n) is 7.47. The van der Waals surface area contributed by atoms with E-state index in [4.69, 9.17) is 9.84 Å². The summed E-state index contributed by atoms with van der Waals surface area (Å²) >= 11 is 3.51. The quantitative estimate of drug-likeness (QED) is 0.733. The Balaban J connectivity index is 2.02. The fourth-order valence-corrected chi connectivity index (χ4v) is 2.86. The van der Waals surface area contributed by atoms with Crippen molar-refractivity contribution in [2.24, 2.45) is 0 Å². The van der Waals surface area contributed by atoms with Crippen molar-refractivity contribution in [2.75, 3.05) is 13.2 Å². The van der Waals surface area contributed by atoms with Gasteiger partial charge in [-0.15, -0.1) is 0 Å². The second-order valence-corrected chi connectivity index (χ2v) is 6.30. The van der Waals surface area contributed by atoms with Gasteiger partial charge in [0, 0.05) is 29.0 Å². The predicted molar refractivity (Wildman–Crippen MR) is 85.6 cm³/mol. The number of hydrogen-bond donors (Lipinski definition) is 1. The molecule has 0 heterocycles. The summed E-state index contributed by atoms with van der Waals surface area (Å²) in [7, 11) is 0. The standard InChI is InChI=1S/C16H22BrNO3/c1-2-21-15-8-5-13(17)10-12(15)11-18(14-6-7-14)9-3-4-16(19)20/h5,8,10,14H,2-4,6-7,9,11H2,1H3,(H,19,20). The summed E-state index contributed by atoms with van der Waals surface area (Å²) in [5.74, 6) is 0.202. The molecule has 0 bridgehead atoms. The maximum absolute atomic E-state index is 10.7. The van der Waals surface area contributed by atoms with E-state index >= 15 is 0 Å². The molecule has 0 aromatic heterocycles. The molecule has 1 saturated carbocycles. The lowest BCUT2D eigenvalue weighted by molar-refractivity contribution is -0.137. The molecular formula is C16H22BrNO3. The van der Waals surface area contributed by atoms with Gasteiger partial charge < -0.3 is 9.84 Å². The van der Waals surface area contributed by atoms with Crippen molar-refractivity contribution in [3.05, 3.63) is 28.2 Å². The SMILES string of the molecule is CCOc1ccc(Br)cc1CN(CCCC(=O)O)C1CC1. The highest BCUT2D eigenvalue weighted by atomic mass is 79.9. The van der Waals surface area contributed by atoms with Gasteiger partial charge in [-0.25, -0.2) is 0 Å². The molecule has 2 rings (SSSR count). The molecule has 0 unspecified atom stereocenters. The summed E-state index contributed by atoms with van der Waals surface area (Å²) in [5, 5.41) is 8.78. The molecule has 1 fully saturated rings. The largest absolute Gasteiger partial charge is 0.494 e. The summed E-state index contributed by atoms with van der Waals surface area (Å²) < 4.78 is 6.74. The molecule has 0 radical (unpaired) electrons. The molecule has 1 aliphatic rings. The molecule has 1 aromatic rings. The minimum atomic E-state index is -0.719. The Hall–Kier alpha value is -1.07. The number of carboxylic acid groups (broad SMARTS) is 1. The molecule has 1 aromatic carbocycles. The van der Waals surface area contributed by atoms with Crippen molar-refractivity contribution in [3.8, 4) is 5.75 Å². The second-order valence-electron chi connectivity index (χ2n) is 5.38. The molecule has 0 spiro atoms. The lowest BCUT2D eigenvalue weighted by atomic mass is 10.1. The molecular weight excluding hydrogens is 334 g/mol. The van der Waals surface area contributed by atoms with E-state index in [2.05, 4.69) is 26.9 Å². The molecule has 0 aliphatic heterocycles. The third-order valence-electron chi connectivity index (χ3n) is 3.60. The van der Waals surface area contributed by atoms with E-state index in [1.54, 1.807) is 0 Å². The minimum Gasteiger partial charge on any atom is -0.494 e. The van der Waals surface area contributed by atoms with Crippen LogP contribution in [0, 0.1) is 0 Å². The minimum absolute atomic E-state index is 0.236. The average Bonchev–Trinajstić information content (AvgIpc) is 3.25. The monoisotopic (exact) mass is 355 g/mol. The first-order chi connectivity index (χ1) is 10.1. The highest BCUT2D eigenvalue weighted by Crippen LogP contribution is 2.31. The van der Waals surface area contributed by atoms with Gasteiger partial charge in [-0.05, 0) is 50.9 Å². The zero-order valence-corrected chi connectivity index (χ0v) is 13.9. The van der Waals surface area contributed by atoms with Crippen molar-refractivity contribution >= 4 is 21.9 Å². The fraction of sp³-hybridized carbons (Fsp3) is 0.562. The number of aliphatic carboxylic acids is 1. The van der Waals surface area contributed by atoms with Crippen LogP contribution in [0.1, 0.15) is 38.2 Å². The van der Waals surface area contributed by atoms with Crippen molar-refractivity contribution in [3.63, 3.8) is 0 Å². The van der Waals surface area contributed by atoms with Gasteiger partial charge in [0.2, 0.25) is 0 Å². The van der Waals surface area contributed by atoms with Crippen LogP contribution >= 0.6 is 15.9 Å².